The second-order valence-electron chi connectivity index (χ2n) is 6.75. The predicted molar refractivity (Wildman–Crippen MR) is 83.3 cm³/mol. The Hall–Kier alpha value is 0.137. The summed E-state index contributed by atoms with van der Waals surface area (Å²) < 4.78 is 11.8. The first-order chi connectivity index (χ1) is 9.21. The molecule has 3 heteroatoms. The van der Waals surface area contributed by atoms with Gasteiger partial charge >= 0.3 is 0 Å². The Morgan fingerprint density at radius 1 is 0.789 bits per heavy atom. The Labute approximate surface area is 122 Å². The van der Waals surface area contributed by atoms with E-state index < -0.39 is 0 Å². The first kappa shape index (κ1) is 15.5. The van der Waals surface area contributed by atoms with Gasteiger partial charge in [0, 0.05) is 20.1 Å². The van der Waals surface area contributed by atoms with Crippen LogP contribution in [0.2, 0.25) is 0 Å². The van der Waals surface area contributed by atoms with Crippen molar-refractivity contribution in [2.45, 2.75) is 69.6 Å². The molecule has 0 unspecified atom stereocenters. The van der Waals surface area contributed by atoms with Gasteiger partial charge in [-0.25, -0.2) is 0 Å². The second-order valence-corrected chi connectivity index (χ2v) is 8.14. The van der Waals surface area contributed by atoms with Crippen molar-refractivity contribution in [3.05, 3.63) is 0 Å². The van der Waals surface area contributed by atoms with E-state index in [2.05, 4.69) is 0 Å². The number of rotatable bonds is 5. The lowest BCUT2D eigenvalue weighted by Gasteiger charge is -2.46. The summed E-state index contributed by atoms with van der Waals surface area (Å²) in [5.41, 5.74) is -0.246. The van der Waals surface area contributed by atoms with Gasteiger partial charge < -0.3 is 9.47 Å². The minimum atomic E-state index is -0.246. The van der Waals surface area contributed by atoms with E-state index in [-0.39, 0.29) is 5.41 Å². The van der Waals surface area contributed by atoms with Gasteiger partial charge in [-0.3, -0.25) is 0 Å². The highest BCUT2D eigenvalue weighted by atomic mass is 28.1. The van der Waals surface area contributed by atoms with Crippen molar-refractivity contribution in [1.29, 1.82) is 0 Å². The number of ether oxygens (including phenoxy) is 2. The summed E-state index contributed by atoms with van der Waals surface area (Å²) in [5.74, 6) is 2.33. The van der Waals surface area contributed by atoms with E-state index in [0.717, 1.165) is 22.1 Å². The van der Waals surface area contributed by atoms with Crippen LogP contribution < -0.4 is 0 Å². The lowest BCUT2D eigenvalue weighted by molar-refractivity contribution is -0.206. The highest BCUT2D eigenvalue weighted by Gasteiger charge is 2.44. The Balaban J connectivity index is 2.15. The van der Waals surface area contributed by atoms with E-state index in [0.29, 0.717) is 5.92 Å². The average molecular weight is 285 g/mol. The Bertz CT molecular complexity index is 235. The molecule has 0 N–H and O–H groups in total. The second kappa shape index (κ2) is 7.23. The van der Waals surface area contributed by atoms with Crippen LogP contribution in [0.4, 0.5) is 0 Å². The molecule has 2 saturated carbocycles. The summed E-state index contributed by atoms with van der Waals surface area (Å²) in [5, 5.41) is 0. The highest BCUT2D eigenvalue weighted by molar-refractivity contribution is 6.13. The van der Waals surface area contributed by atoms with Crippen LogP contribution in [-0.4, -0.2) is 29.9 Å². The lowest BCUT2D eigenvalue weighted by Crippen LogP contribution is -2.50. The molecule has 0 saturated heterocycles. The van der Waals surface area contributed by atoms with Gasteiger partial charge in [0.05, 0.1) is 10.2 Å². The molecule has 0 spiro atoms. The molecule has 0 amide bonds. The molecule has 0 aromatic heterocycles. The van der Waals surface area contributed by atoms with Gasteiger partial charge in [0.25, 0.3) is 0 Å². The lowest BCUT2D eigenvalue weighted by atomic mass is 9.69. The number of hydrogen-bond donors (Lipinski definition) is 0. The van der Waals surface area contributed by atoms with Gasteiger partial charge in [0.1, 0.15) is 5.41 Å². The molecule has 2 aliphatic carbocycles. The molecule has 0 aromatic rings. The molecular formula is C16H32O2Si. The number of hydrogen-bond acceptors (Lipinski definition) is 2. The smallest absolute Gasteiger partial charge is 0.144 e. The van der Waals surface area contributed by atoms with E-state index in [1.807, 2.05) is 14.2 Å². The Morgan fingerprint density at radius 3 is 1.47 bits per heavy atom. The van der Waals surface area contributed by atoms with Crippen LogP contribution in [0, 0.1) is 17.8 Å². The summed E-state index contributed by atoms with van der Waals surface area (Å²) in [6.45, 7) is 0. The molecule has 0 atom stereocenters. The largest absolute Gasteiger partial charge is 0.358 e. The standard InChI is InChI=1S/C16H32O2Si/c1-17-16(19,18-2)15(13-9-5-3-6-10-13)14-11-7-4-8-12-14/h13-15H,3-12H2,1-2,19H3. The molecule has 2 nitrogen and oxygen atoms in total. The van der Waals surface area contributed by atoms with Crippen LogP contribution in [0.5, 0.6) is 0 Å². The van der Waals surface area contributed by atoms with Gasteiger partial charge in [-0.05, 0) is 37.5 Å². The molecule has 112 valence electrons. The van der Waals surface area contributed by atoms with Crippen molar-refractivity contribution in [3.8, 4) is 0 Å². The molecular weight excluding hydrogens is 252 g/mol. The summed E-state index contributed by atoms with van der Waals surface area (Å²) in [6, 6.07) is 0. The third-order valence-electron chi connectivity index (χ3n) is 5.73. The molecule has 2 rings (SSSR count). The van der Waals surface area contributed by atoms with Gasteiger partial charge in [-0.15, -0.1) is 0 Å². The van der Waals surface area contributed by atoms with Crippen molar-refractivity contribution in [1.82, 2.24) is 0 Å². The maximum absolute atomic E-state index is 5.90. The first-order valence-electron chi connectivity index (χ1n) is 8.31. The predicted octanol–water partition coefficient (Wildman–Crippen LogP) is 3.08. The summed E-state index contributed by atoms with van der Waals surface area (Å²) in [4.78, 5) is 0. The quantitative estimate of drug-likeness (QED) is 0.570. The van der Waals surface area contributed by atoms with Crippen LogP contribution in [0.15, 0.2) is 0 Å². The van der Waals surface area contributed by atoms with Crippen molar-refractivity contribution >= 4 is 10.2 Å². The van der Waals surface area contributed by atoms with Crippen LogP contribution in [0.25, 0.3) is 0 Å². The van der Waals surface area contributed by atoms with Gasteiger partial charge in [0.2, 0.25) is 0 Å². The molecule has 0 bridgehead atoms. The van der Waals surface area contributed by atoms with Crippen molar-refractivity contribution in [2.24, 2.45) is 17.8 Å². The molecule has 0 heterocycles. The molecule has 0 aromatic carbocycles. The van der Waals surface area contributed by atoms with Gasteiger partial charge in [-0.2, -0.15) is 0 Å². The third kappa shape index (κ3) is 3.62. The fourth-order valence-electron chi connectivity index (χ4n) is 4.58. The summed E-state index contributed by atoms with van der Waals surface area (Å²) in [7, 11) is 4.69. The van der Waals surface area contributed by atoms with E-state index in [1.165, 1.54) is 64.2 Å². The number of methoxy groups -OCH3 is 2. The fraction of sp³-hybridized carbons (Fsp3) is 1.00. The maximum atomic E-state index is 5.90. The average Bonchev–Trinajstić information content (AvgIpc) is 2.49. The molecule has 0 radical (unpaired) electrons. The highest BCUT2D eigenvalue weighted by Crippen LogP contribution is 2.45. The Morgan fingerprint density at radius 2 is 1.16 bits per heavy atom. The monoisotopic (exact) mass is 284 g/mol. The molecule has 2 aliphatic rings. The SMILES string of the molecule is COC([SiH3])(OC)C(C1CCCCC1)C1CCCCC1. The van der Waals surface area contributed by atoms with Crippen LogP contribution in [0.3, 0.4) is 0 Å². The minimum absolute atomic E-state index is 0.246. The zero-order valence-corrected chi connectivity index (χ0v) is 15.1. The van der Waals surface area contributed by atoms with Crippen molar-refractivity contribution < 1.29 is 9.47 Å². The molecule has 2 fully saturated rings. The topological polar surface area (TPSA) is 18.5 Å². The summed E-state index contributed by atoms with van der Waals surface area (Å²) >= 11 is 0. The third-order valence-corrected chi connectivity index (χ3v) is 7.21. The van der Waals surface area contributed by atoms with Gasteiger partial charge in [-0.1, -0.05) is 38.5 Å². The van der Waals surface area contributed by atoms with E-state index in [4.69, 9.17) is 9.47 Å². The van der Waals surface area contributed by atoms with Crippen LogP contribution >= 0.6 is 0 Å². The van der Waals surface area contributed by atoms with Gasteiger partial charge in [0.15, 0.2) is 0 Å². The zero-order chi connectivity index (χ0) is 13.7. The van der Waals surface area contributed by atoms with E-state index in [1.54, 1.807) is 0 Å². The maximum Gasteiger partial charge on any atom is 0.144 e. The fourth-order valence-corrected chi connectivity index (χ4v) is 5.53. The minimum Gasteiger partial charge on any atom is -0.358 e. The normalized spacial score (nSPS) is 24.2. The van der Waals surface area contributed by atoms with Crippen molar-refractivity contribution in [2.75, 3.05) is 14.2 Å². The summed E-state index contributed by atoms with van der Waals surface area (Å²) in [6.07, 6.45) is 14.1. The van der Waals surface area contributed by atoms with Crippen LogP contribution in [0.1, 0.15) is 64.2 Å². The first-order valence-corrected chi connectivity index (χ1v) is 9.31. The molecule has 0 aliphatic heterocycles. The van der Waals surface area contributed by atoms with Crippen LogP contribution in [-0.2, 0) is 9.47 Å². The molecule has 19 heavy (non-hydrogen) atoms. The zero-order valence-electron chi connectivity index (χ0n) is 13.1. The van der Waals surface area contributed by atoms with E-state index in [9.17, 15) is 0 Å². The van der Waals surface area contributed by atoms with E-state index >= 15 is 0 Å². The van der Waals surface area contributed by atoms with Crippen molar-refractivity contribution in [3.63, 3.8) is 0 Å². The Kier molecular flexibility index (Phi) is 5.91.